The normalized spacial score (nSPS) is 13.2. The predicted octanol–water partition coefficient (Wildman–Crippen LogP) is 0.978. The van der Waals surface area contributed by atoms with E-state index < -0.39 is 0 Å². The van der Waals surface area contributed by atoms with E-state index in [1.54, 1.807) is 18.4 Å². The van der Waals surface area contributed by atoms with Gasteiger partial charge < -0.3 is 4.84 Å². The lowest BCUT2D eigenvalue weighted by Gasteiger charge is -2.11. The van der Waals surface area contributed by atoms with Crippen molar-refractivity contribution in [3.63, 3.8) is 0 Å². The van der Waals surface area contributed by atoms with Crippen LogP contribution in [0.4, 0.5) is 0 Å². The number of hydroxylamine groups is 1. The lowest BCUT2D eigenvalue weighted by molar-refractivity contribution is -0.0611. The first-order chi connectivity index (χ1) is 3.39. The fourth-order valence-corrected chi connectivity index (χ4v) is 0.320. The lowest BCUT2D eigenvalue weighted by Crippen LogP contribution is -2.23. The van der Waals surface area contributed by atoms with Crippen LogP contribution in [0.2, 0.25) is 0 Å². The van der Waals surface area contributed by atoms with Crippen molar-refractivity contribution in [2.45, 2.75) is 0 Å². The number of nitrogens with two attached hydrogens (primary N) is 1. The van der Waals surface area contributed by atoms with E-state index in [0.717, 1.165) is 5.17 Å². The molecule has 3 nitrogen and oxygen atoms in total. The van der Waals surface area contributed by atoms with E-state index in [1.807, 2.05) is 0 Å². The maximum atomic E-state index is 5.11. The summed E-state index contributed by atoms with van der Waals surface area (Å²) in [5.74, 6) is 5.11. The Kier molecular flexibility index (Phi) is 7.30. The van der Waals surface area contributed by atoms with Crippen molar-refractivity contribution in [3.05, 3.63) is 24.6 Å². The highest BCUT2D eigenvalue weighted by atomic mass is 35.5. The molecule has 0 aliphatic carbocycles. The highest BCUT2D eigenvalue weighted by molar-refractivity contribution is 5.85. The number of hydrogen-bond donors (Lipinski definition) is 1. The quantitative estimate of drug-likeness (QED) is 0.552. The van der Waals surface area contributed by atoms with Gasteiger partial charge in [-0.15, -0.1) is 30.0 Å². The maximum absolute atomic E-state index is 5.11. The van der Waals surface area contributed by atoms with Crippen molar-refractivity contribution in [2.75, 3.05) is 0 Å². The van der Waals surface area contributed by atoms with Gasteiger partial charge in [-0.3, -0.25) is 0 Å². The molecule has 1 aliphatic rings. The molecule has 0 saturated heterocycles. The molecule has 0 fully saturated rings. The van der Waals surface area contributed by atoms with Gasteiger partial charge in [0, 0.05) is 0 Å². The zero-order valence-electron chi connectivity index (χ0n) is 4.56. The van der Waals surface area contributed by atoms with Gasteiger partial charge in [-0.1, -0.05) is 0 Å². The Balaban J connectivity index is 0. The number of halogens is 2. The van der Waals surface area contributed by atoms with Gasteiger partial charge in [-0.2, -0.15) is 0 Å². The summed E-state index contributed by atoms with van der Waals surface area (Å²) in [6.45, 7) is 0. The summed E-state index contributed by atoms with van der Waals surface area (Å²) in [5, 5.41) is 1.12. The fourth-order valence-electron chi connectivity index (χ4n) is 0.320. The largest absolute Gasteiger partial charge is 0.373 e. The van der Waals surface area contributed by atoms with E-state index in [-0.39, 0.29) is 24.8 Å². The van der Waals surface area contributed by atoms with Crippen LogP contribution in [0.5, 0.6) is 0 Å². The number of rotatable bonds is 0. The zero-order chi connectivity index (χ0) is 5.11. The van der Waals surface area contributed by atoms with Crippen LogP contribution in [-0.2, 0) is 4.84 Å². The predicted molar refractivity (Wildman–Crippen MR) is 39.9 cm³/mol. The van der Waals surface area contributed by atoms with Gasteiger partial charge in [0.05, 0.1) is 6.20 Å². The SMILES string of the molecule is Cl.Cl.NN1C=CC=CO1. The van der Waals surface area contributed by atoms with Crippen LogP contribution in [0.15, 0.2) is 24.6 Å². The number of hydrazine groups is 1. The van der Waals surface area contributed by atoms with Crippen LogP contribution in [0.25, 0.3) is 0 Å². The Labute approximate surface area is 65.9 Å². The molecule has 0 aromatic rings. The van der Waals surface area contributed by atoms with Crippen molar-refractivity contribution in [1.29, 1.82) is 0 Å². The molecule has 1 rings (SSSR count). The number of allylic oxidation sites excluding steroid dienone is 2. The summed E-state index contributed by atoms with van der Waals surface area (Å²) < 4.78 is 0. The zero-order valence-corrected chi connectivity index (χ0v) is 6.19. The van der Waals surface area contributed by atoms with Crippen LogP contribution in [0.1, 0.15) is 0 Å². The Hall–Kier alpha value is -0.380. The lowest BCUT2D eigenvalue weighted by atomic mass is 10.6. The van der Waals surface area contributed by atoms with Crippen LogP contribution in [0, 0.1) is 0 Å². The summed E-state index contributed by atoms with van der Waals surface area (Å²) in [5.41, 5.74) is 0. The molecular formula is C4H8Cl2N2O. The minimum atomic E-state index is 0. The van der Waals surface area contributed by atoms with E-state index in [1.165, 1.54) is 6.26 Å². The molecule has 0 unspecified atom stereocenters. The van der Waals surface area contributed by atoms with E-state index in [9.17, 15) is 0 Å². The van der Waals surface area contributed by atoms with Gasteiger partial charge in [-0.05, 0) is 12.2 Å². The Bertz CT molecular complexity index is 115. The topological polar surface area (TPSA) is 38.5 Å². The first-order valence-corrected chi connectivity index (χ1v) is 1.93. The van der Waals surface area contributed by atoms with Gasteiger partial charge in [0.15, 0.2) is 0 Å². The minimum Gasteiger partial charge on any atom is -0.373 e. The Morgan fingerprint density at radius 3 is 2.11 bits per heavy atom. The van der Waals surface area contributed by atoms with Gasteiger partial charge in [0.2, 0.25) is 0 Å². The molecule has 54 valence electrons. The van der Waals surface area contributed by atoms with Gasteiger partial charge in [0.1, 0.15) is 6.26 Å². The van der Waals surface area contributed by atoms with Gasteiger partial charge in [0.25, 0.3) is 0 Å². The number of nitrogens with zero attached hydrogens (tertiary/aromatic N) is 1. The second kappa shape index (κ2) is 5.75. The second-order valence-electron chi connectivity index (χ2n) is 1.14. The molecule has 0 radical (unpaired) electrons. The molecule has 1 heterocycles. The molecule has 5 heteroatoms. The molecule has 0 amide bonds. The van der Waals surface area contributed by atoms with Crippen molar-refractivity contribution in [2.24, 2.45) is 5.84 Å². The van der Waals surface area contributed by atoms with Gasteiger partial charge >= 0.3 is 0 Å². The first-order valence-electron chi connectivity index (χ1n) is 1.93. The Morgan fingerprint density at radius 1 is 1.22 bits per heavy atom. The average Bonchev–Trinajstić information content (AvgIpc) is 1.69. The third-order valence-electron chi connectivity index (χ3n) is 0.605. The molecule has 0 bridgehead atoms. The molecule has 1 aliphatic heterocycles. The first kappa shape index (κ1) is 11.4. The smallest absolute Gasteiger partial charge is 0.121 e. The molecule has 0 aromatic heterocycles. The van der Waals surface area contributed by atoms with Crippen LogP contribution < -0.4 is 5.84 Å². The molecule has 0 aromatic carbocycles. The minimum absolute atomic E-state index is 0. The fraction of sp³-hybridized carbons (Fsp3) is 0. The number of hydrogen-bond acceptors (Lipinski definition) is 3. The van der Waals surface area contributed by atoms with E-state index >= 15 is 0 Å². The van der Waals surface area contributed by atoms with E-state index in [0.29, 0.717) is 0 Å². The summed E-state index contributed by atoms with van der Waals surface area (Å²) in [7, 11) is 0. The highest BCUT2D eigenvalue weighted by Crippen LogP contribution is 1.91. The van der Waals surface area contributed by atoms with Crippen molar-refractivity contribution >= 4 is 24.8 Å². The summed E-state index contributed by atoms with van der Waals surface area (Å²) >= 11 is 0. The molecular weight excluding hydrogens is 163 g/mol. The third-order valence-corrected chi connectivity index (χ3v) is 0.605. The van der Waals surface area contributed by atoms with Crippen LogP contribution in [0.3, 0.4) is 0 Å². The van der Waals surface area contributed by atoms with Crippen molar-refractivity contribution in [3.8, 4) is 0 Å². The standard InChI is InChI=1S/C4H6N2O.2ClH/c5-6-3-1-2-4-7-6;;/h1-4H,5H2;2*1H. The monoisotopic (exact) mass is 170 g/mol. The molecule has 9 heavy (non-hydrogen) atoms. The highest BCUT2D eigenvalue weighted by Gasteiger charge is 1.86. The maximum Gasteiger partial charge on any atom is 0.121 e. The van der Waals surface area contributed by atoms with Gasteiger partial charge in [-0.25, -0.2) is 5.84 Å². The summed E-state index contributed by atoms with van der Waals surface area (Å²) in [6, 6.07) is 0. The molecule has 0 spiro atoms. The van der Waals surface area contributed by atoms with Crippen molar-refractivity contribution < 1.29 is 4.84 Å². The van der Waals surface area contributed by atoms with E-state index in [4.69, 9.17) is 5.84 Å². The summed E-state index contributed by atoms with van der Waals surface area (Å²) in [6.07, 6.45) is 6.65. The Morgan fingerprint density at radius 2 is 1.89 bits per heavy atom. The van der Waals surface area contributed by atoms with Crippen molar-refractivity contribution in [1.82, 2.24) is 5.17 Å². The average molecular weight is 171 g/mol. The van der Waals surface area contributed by atoms with E-state index in [2.05, 4.69) is 4.84 Å². The third kappa shape index (κ3) is 4.14. The summed E-state index contributed by atoms with van der Waals surface area (Å²) in [4.78, 5) is 4.62. The molecule has 0 atom stereocenters. The van der Waals surface area contributed by atoms with Crippen LogP contribution >= 0.6 is 24.8 Å². The second-order valence-corrected chi connectivity index (χ2v) is 1.14. The molecule has 0 saturated carbocycles. The van der Waals surface area contributed by atoms with Crippen LogP contribution in [-0.4, -0.2) is 5.17 Å². The molecule has 2 N–H and O–H groups in total.